The highest BCUT2D eigenvalue weighted by Crippen LogP contribution is 2.28. The number of nitrogens with zero attached hydrogens (tertiary/aromatic N) is 5. The fourth-order valence-corrected chi connectivity index (χ4v) is 3.50. The Bertz CT molecular complexity index is 996. The molecule has 142 valence electrons. The number of carbonyl (C=O) groups is 1. The second-order valence-electron chi connectivity index (χ2n) is 6.26. The van der Waals surface area contributed by atoms with E-state index in [1.54, 1.807) is 41.4 Å². The van der Waals surface area contributed by atoms with E-state index in [9.17, 15) is 9.18 Å². The third-order valence-corrected chi connectivity index (χ3v) is 5.49. The monoisotopic (exact) mass is 388 g/mol. The topological polar surface area (TPSA) is 77.6 Å². The summed E-state index contributed by atoms with van der Waals surface area (Å²) >= 11 is 1.27. The Kier molecular flexibility index (Phi) is 5.31. The largest absolute Gasteiger partial charge is 0.322 e. The van der Waals surface area contributed by atoms with Crippen LogP contribution in [0.2, 0.25) is 0 Å². The van der Waals surface area contributed by atoms with Gasteiger partial charge in [0, 0.05) is 14.1 Å². The molecule has 0 saturated carbocycles. The van der Waals surface area contributed by atoms with Gasteiger partial charge in [-0.1, -0.05) is 23.9 Å². The van der Waals surface area contributed by atoms with Crippen molar-refractivity contribution in [2.24, 2.45) is 14.1 Å². The molecule has 0 unspecified atom stereocenters. The third-order valence-electron chi connectivity index (χ3n) is 4.36. The van der Waals surface area contributed by atoms with Crippen molar-refractivity contribution in [1.82, 2.24) is 24.5 Å². The molecule has 3 aromatic rings. The first kappa shape index (κ1) is 19.1. The van der Waals surface area contributed by atoms with Gasteiger partial charge in [-0.3, -0.25) is 9.48 Å². The van der Waals surface area contributed by atoms with E-state index in [-0.39, 0.29) is 11.7 Å². The number of benzene rings is 1. The van der Waals surface area contributed by atoms with Crippen LogP contribution in [-0.2, 0) is 18.9 Å². The number of amides is 1. The highest BCUT2D eigenvalue weighted by Gasteiger charge is 2.22. The number of anilines is 1. The summed E-state index contributed by atoms with van der Waals surface area (Å²) < 4.78 is 17.4. The van der Waals surface area contributed by atoms with Crippen molar-refractivity contribution in [2.45, 2.75) is 31.2 Å². The zero-order valence-electron chi connectivity index (χ0n) is 15.8. The van der Waals surface area contributed by atoms with E-state index in [1.165, 1.54) is 17.8 Å². The molecule has 0 fully saturated rings. The number of hydrogen-bond acceptors (Lipinski definition) is 5. The van der Waals surface area contributed by atoms with Gasteiger partial charge >= 0.3 is 0 Å². The summed E-state index contributed by atoms with van der Waals surface area (Å²) in [5.41, 5.74) is 2.75. The number of halogens is 1. The Morgan fingerprint density at radius 2 is 1.93 bits per heavy atom. The Morgan fingerprint density at radius 3 is 2.56 bits per heavy atom. The van der Waals surface area contributed by atoms with Gasteiger partial charge in [-0.25, -0.2) is 4.39 Å². The lowest BCUT2D eigenvalue weighted by Crippen LogP contribution is -2.23. The number of aryl methyl sites for hydroxylation is 2. The van der Waals surface area contributed by atoms with Crippen LogP contribution >= 0.6 is 11.8 Å². The van der Waals surface area contributed by atoms with Crippen molar-refractivity contribution in [3.05, 3.63) is 41.5 Å². The molecular formula is C18H21FN6OS. The molecule has 1 aromatic carbocycles. The lowest BCUT2D eigenvalue weighted by Gasteiger charge is -2.12. The van der Waals surface area contributed by atoms with Gasteiger partial charge in [-0.05, 0) is 32.9 Å². The summed E-state index contributed by atoms with van der Waals surface area (Å²) in [4.78, 5) is 12.6. The molecule has 1 amide bonds. The smallest absolute Gasteiger partial charge is 0.237 e. The lowest BCUT2D eigenvalue weighted by atomic mass is 10.2. The molecular weight excluding hydrogens is 367 g/mol. The maximum Gasteiger partial charge on any atom is 0.237 e. The predicted octanol–water partition coefficient (Wildman–Crippen LogP) is 3.09. The van der Waals surface area contributed by atoms with Gasteiger partial charge in [0.05, 0.1) is 27.9 Å². The first-order valence-corrected chi connectivity index (χ1v) is 9.29. The van der Waals surface area contributed by atoms with Gasteiger partial charge in [0.2, 0.25) is 5.91 Å². The van der Waals surface area contributed by atoms with Gasteiger partial charge < -0.3 is 9.88 Å². The first-order valence-electron chi connectivity index (χ1n) is 8.41. The minimum absolute atomic E-state index is 0.158. The van der Waals surface area contributed by atoms with Crippen LogP contribution in [0.15, 0.2) is 29.4 Å². The summed E-state index contributed by atoms with van der Waals surface area (Å²) in [7, 11) is 3.59. The average molecular weight is 388 g/mol. The maximum atomic E-state index is 14.0. The minimum atomic E-state index is -0.416. The summed E-state index contributed by atoms with van der Waals surface area (Å²) in [6.45, 7) is 5.54. The maximum absolute atomic E-state index is 14.0. The van der Waals surface area contributed by atoms with E-state index in [4.69, 9.17) is 0 Å². The van der Waals surface area contributed by atoms with Crippen LogP contribution in [0.4, 0.5) is 10.1 Å². The molecule has 3 rings (SSSR count). The van der Waals surface area contributed by atoms with Gasteiger partial charge in [-0.2, -0.15) is 5.10 Å². The van der Waals surface area contributed by atoms with Gasteiger partial charge in [0.1, 0.15) is 5.82 Å². The minimum Gasteiger partial charge on any atom is -0.322 e. The van der Waals surface area contributed by atoms with Gasteiger partial charge in [0.25, 0.3) is 0 Å². The van der Waals surface area contributed by atoms with Crippen LogP contribution in [0.1, 0.15) is 18.3 Å². The Morgan fingerprint density at radius 1 is 1.22 bits per heavy atom. The van der Waals surface area contributed by atoms with Crippen LogP contribution in [0, 0.1) is 19.7 Å². The Hall–Kier alpha value is -2.68. The molecule has 0 aliphatic heterocycles. The molecule has 1 N–H and O–H groups in total. The quantitative estimate of drug-likeness (QED) is 0.680. The summed E-state index contributed by atoms with van der Waals surface area (Å²) in [6.07, 6.45) is 0. The molecule has 1 atom stereocenters. The number of aromatic nitrogens is 5. The number of rotatable bonds is 5. The number of hydrogen-bond donors (Lipinski definition) is 1. The lowest BCUT2D eigenvalue weighted by molar-refractivity contribution is -0.115. The zero-order chi connectivity index (χ0) is 19.7. The van der Waals surface area contributed by atoms with Crippen molar-refractivity contribution in [3.63, 3.8) is 0 Å². The van der Waals surface area contributed by atoms with E-state index < -0.39 is 5.25 Å². The first-order chi connectivity index (χ1) is 12.8. The van der Waals surface area contributed by atoms with E-state index in [2.05, 4.69) is 20.6 Å². The third kappa shape index (κ3) is 3.73. The molecule has 0 saturated heterocycles. The molecule has 7 nitrogen and oxygen atoms in total. The molecule has 9 heteroatoms. The van der Waals surface area contributed by atoms with Crippen molar-refractivity contribution in [3.8, 4) is 11.4 Å². The SMILES string of the molecule is Cc1nn(C)c(C)c1NC(=O)[C@@H](C)Sc1nnc(-c2ccccc2F)n1C. The van der Waals surface area contributed by atoms with Gasteiger partial charge in [-0.15, -0.1) is 10.2 Å². The Labute approximate surface area is 161 Å². The second-order valence-corrected chi connectivity index (χ2v) is 7.57. The number of nitrogens with one attached hydrogen (secondary N) is 1. The Balaban J connectivity index is 1.76. The zero-order valence-corrected chi connectivity index (χ0v) is 16.6. The van der Waals surface area contributed by atoms with Crippen molar-refractivity contribution >= 4 is 23.4 Å². The fraction of sp³-hybridized carbons (Fsp3) is 0.333. The molecule has 0 radical (unpaired) electrons. The van der Waals surface area contributed by atoms with Crippen molar-refractivity contribution in [2.75, 3.05) is 5.32 Å². The summed E-state index contributed by atoms with van der Waals surface area (Å²) in [6, 6.07) is 6.40. The van der Waals surface area contributed by atoms with E-state index in [0.29, 0.717) is 16.5 Å². The van der Waals surface area contributed by atoms with Crippen molar-refractivity contribution in [1.29, 1.82) is 0 Å². The molecule has 0 spiro atoms. The number of thioether (sulfide) groups is 1. The highest BCUT2D eigenvalue weighted by atomic mass is 32.2. The fourth-order valence-electron chi connectivity index (χ4n) is 2.69. The van der Waals surface area contributed by atoms with Crippen molar-refractivity contribution < 1.29 is 9.18 Å². The number of carbonyl (C=O) groups excluding carboxylic acids is 1. The van der Waals surface area contributed by atoms with E-state index >= 15 is 0 Å². The van der Waals surface area contributed by atoms with Crippen LogP contribution in [0.5, 0.6) is 0 Å². The van der Waals surface area contributed by atoms with Crippen LogP contribution < -0.4 is 5.32 Å². The molecule has 0 aliphatic carbocycles. The second kappa shape index (κ2) is 7.51. The normalized spacial score (nSPS) is 12.2. The van der Waals surface area contributed by atoms with Crippen LogP contribution in [0.25, 0.3) is 11.4 Å². The van der Waals surface area contributed by atoms with E-state index in [0.717, 1.165) is 17.1 Å². The average Bonchev–Trinajstić information content (AvgIpc) is 3.10. The molecule has 2 heterocycles. The summed E-state index contributed by atoms with van der Waals surface area (Å²) in [5, 5.41) is 15.5. The molecule has 0 bridgehead atoms. The van der Waals surface area contributed by atoms with Gasteiger partial charge in [0.15, 0.2) is 11.0 Å². The summed E-state index contributed by atoms with van der Waals surface area (Å²) in [5.74, 6) is -0.102. The van der Waals surface area contributed by atoms with E-state index in [1.807, 2.05) is 20.9 Å². The van der Waals surface area contributed by atoms with Crippen LogP contribution in [0.3, 0.4) is 0 Å². The molecule has 2 aromatic heterocycles. The van der Waals surface area contributed by atoms with Crippen LogP contribution in [-0.4, -0.2) is 35.7 Å². The highest BCUT2D eigenvalue weighted by molar-refractivity contribution is 8.00. The predicted molar refractivity (Wildman–Crippen MR) is 103 cm³/mol. The standard InChI is InChI=1S/C18H21FN6OS/c1-10-15(11(2)25(5)23-10)20-17(26)12(3)27-18-22-21-16(24(18)4)13-8-6-7-9-14(13)19/h6-9,12H,1-5H3,(H,20,26)/t12-/m1/s1. The molecule has 27 heavy (non-hydrogen) atoms. The molecule has 0 aliphatic rings.